The molecule has 0 atom stereocenters. The van der Waals surface area contributed by atoms with E-state index in [0.717, 1.165) is 22.4 Å². The van der Waals surface area contributed by atoms with Crippen LogP contribution in [0.5, 0.6) is 5.75 Å². The summed E-state index contributed by atoms with van der Waals surface area (Å²) in [6.07, 6.45) is 0. The highest BCUT2D eigenvalue weighted by atomic mass is 16.5. The number of carbonyl (C=O) groups excluding carboxylic acids is 2. The third-order valence-corrected chi connectivity index (χ3v) is 4.42. The quantitative estimate of drug-likeness (QED) is 0.780. The Morgan fingerprint density at radius 3 is 2.22 bits per heavy atom. The zero-order valence-corrected chi connectivity index (χ0v) is 16.7. The molecule has 0 aliphatic heterocycles. The van der Waals surface area contributed by atoms with Crippen LogP contribution in [0.4, 0.5) is 5.69 Å². The van der Waals surface area contributed by atoms with Crippen LogP contribution in [0.3, 0.4) is 0 Å². The maximum Gasteiger partial charge on any atom is 0.258 e. The predicted molar refractivity (Wildman–Crippen MR) is 108 cm³/mol. The Bertz CT molecular complexity index is 808. The van der Waals surface area contributed by atoms with E-state index in [9.17, 15) is 9.59 Å². The van der Waals surface area contributed by atoms with Gasteiger partial charge in [-0.1, -0.05) is 38.1 Å². The first-order valence-electron chi connectivity index (χ1n) is 9.14. The average molecular weight is 368 g/mol. The molecule has 0 unspecified atom stereocenters. The number of nitrogens with one attached hydrogen (secondary N) is 2. The van der Waals surface area contributed by atoms with Crippen LogP contribution in [0, 0.1) is 20.8 Å². The van der Waals surface area contributed by atoms with Crippen molar-refractivity contribution in [2.45, 2.75) is 40.5 Å². The van der Waals surface area contributed by atoms with Gasteiger partial charge >= 0.3 is 0 Å². The first-order valence-corrected chi connectivity index (χ1v) is 9.14. The Balaban J connectivity index is 1.81. The minimum absolute atomic E-state index is 0.0959. The van der Waals surface area contributed by atoms with E-state index in [0.29, 0.717) is 11.7 Å². The smallest absolute Gasteiger partial charge is 0.258 e. The van der Waals surface area contributed by atoms with Gasteiger partial charge in [0.2, 0.25) is 5.91 Å². The number of hydrogen-bond acceptors (Lipinski definition) is 3. The van der Waals surface area contributed by atoms with Crippen molar-refractivity contribution in [2.75, 3.05) is 18.5 Å². The second-order valence-corrected chi connectivity index (χ2v) is 7.05. The molecule has 0 fully saturated rings. The van der Waals surface area contributed by atoms with Crippen LogP contribution in [0.15, 0.2) is 36.4 Å². The van der Waals surface area contributed by atoms with E-state index >= 15 is 0 Å². The Kier molecular flexibility index (Phi) is 6.99. The number of ether oxygens (including phenoxy) is 1. The first kappa shape index (κ1) is 20.5. The van der Waals surface area contributed by atoms with Crippen molar-refractivity contribution in [1.82, 2.24) is 5.32 Å². The van der Waals surface area contributed by atoms with Gasteiger partial charge in [-0.25, -0.2) is 0 Å². The Labute approximate surface area is 161 Å². The van der Waals surface area contributed by atoms with Crippen molar-refractivity contribution < 1.29 is 14.3 Å². The molecule has 0 aliphatic rings. The average Bonchev–Trinajstić information content (AvgIpc) is 2.61. The number of rotatable bonds is 7. The summed E-state index contributed by atoms with van der Waals surface area (Å²) in [4.78, 5) is 24.0. The van der Waals surface area contributed by atoms with E-state index in [4.69, 9.17) is 4.74 Å². The van der Waals surface area contributed by atoms with E-state index < -0.39 is 0 Å². The normalized spacial score (nSPS) is 10.6. The molecule has 2 aromatic carbocycles. The fraction of sp³-hybridized carbons (Fsp3) is 0.364. The molecule has 0 radical (unpaired) electrons. The minimum Gasteiger partial charge on any atom is -0.484 e. The van der Waals surface area contributed by atoms with Gasteiger partial charge < -0.3 is 15.4 Å². The molecule has 2 N–H and O–H groups in total. The van der Waals surface area contributed by atoms with Crippen LogP contribution < -0.4 is 15.4 Å². The van der Waals surface area contributed by atoms with Gasteiger partial charge in [0.15, 0.2) is 6.61 Å². The third-order valence-electron chi connectivity index (χ3n) is 4.42. The monoisotopic (exact) mass is 368 g/mol. The molecule has 0 aliphatic carbocycles. The molecule has 0 saturated heterocycles. The number of para-hydroxylation sites is 1. The Morgan fingerprint density at radius 1 is 0.963 bits per heavy atom. The van der Waals surface area contributed by atoms with Gasteiger partial charge in [0.25, 0.3) is 5.91 Å². The van der Waals surface area contributed by atoms with Crippen LogP contribution in [0.2, 0.25) is 0 Å². The molecule has 0 heterocycles. The van der Waals surface area contributed by atoms with Crippen LogP contribution >= 0.6 is 0 Å². The molecule has 0 saturated carbocycles. The molecule has 0 aromatic heterocycles. The highest BCUT2D eigenvalue weighted by Gasteiger charge is 2.10. The van der Waals surface area contributed by atoms with Crippen molar-refractivity contribution in [3.05, 3.63) is 58.7 Å². The predicted octanol–water partition coefficient (Wildman–Crippen LogP) is 3.87. The second-order valence-electron chi connectivity index (χ2n) is 7.05. The SMILES string of the molecule is Cc1cc(OCC(=O)NCC(=O)Nc2c(C)cccc2C)ccc1C(C)C. The van der Waals surface area contributed by atoms with E-state index in [1.165, 1.54) is 5.56 Å². The minimum atomic E-state index is -0.336. The number of anilines is 1. The highest BCUT2D eigenvalue weighted by Crippen LogP contribution is 2.23. The van der Waals surface area contributed by atoms with Crippen molar-refractivity contribution in [1.29, 1.82) is 0 Å². The number of hydrogen-bond donors (Lipinski definition) is 2. The summed E-state index contributed by atoms with van der Waals surface area (Å²) in [5.41, 5.74) is 5.15. The largest absolute Gasteiger partial charge is 0.484 e. The summed E-state index contributed by atoms with van der Waals surface area (Å²) in [7, 11) is 0. The molecule has 2 amide bonds. The fourth-order valence-electron chi connectivity index (χ4n) is 2.96. The Morgan fingerprint density at radius 2 is 1.63 bits per heavy atom. The van der Waals surface area contributed by atoms with Gasteiger partial charge in [0, 0.05) is 5.69 Å². The molecule has 0 spiro atoms. The summed E-state index contributed by atoms with van der Waals surface area (Å²) in [6, 6.07) is 11.6. The van der Waals surface area contributed by atoms with Crippen LogP contribution in [0.1, 0.15) is 42.0 Å². The van der Waals surface area contributed by atoms with Crippen molar-refractivity contribution in [3.63, 3.8) is 0 Å². The van der Waals surface area contributed by atoms with Gasteiger partial charge in [-0.2, -0.15) is 0 Å². The molecule has 27 heavy (non-hydrogen) atoms. The van der Waals surface area contributed by atoms with Crippen LogP contribution in [-0.4, -0.2) is 25.0 Å². The summed E-state index contributed by atoms with van der Waals surface area (Å²) in [5, 5.41) is 5.42. The van der Waals surface area contributed by atoms with Crippen molar-refractivity contribution in [2.24, 2.45) is 0 Å². The lowest BCUT2D eigenvalue weighted by atomic mass is 9.98. The molecule has 5 heteroatoms. The number of benzene rings is 2. The zero-order chi connectivity index (χ0) is 20.0. The molecule has 2 aromatic rings. The van der Waals surface area contributed by atoms with Gasteiger partial charge in [-0.15, -0.1) is 0 Å². The van der Waals surface area contributed by atoms with E-state index in [1.54, 1.807) is 0 Å². The maximum atomic E-state index is 12.1. The molecule has 2 rings (SSSR count). The lowest BCUT2D eigenvalue weighted by molar-refractivity contribution is -0.125. The number of carbonyl (C=O) groups is 2. The molecule has 0 bridgehead atoms. The van der Waals surface area contributed by atoms with Gasteiger partial charge in [0.05, 0.1) is 6.54 Å². The molecule has 144 valence electrons. The summed E-state index contributed by atoms with van der Waals surface area (Å²) < 4.78 is 5.53. The van der Waals surface area contributed by atoms with Crippen molar-refractivity contribution in [3.8, 4) is 5.75 Å². The standard InChI is InChI=1S/C22H28N2O3/c1-14(2)19-10-9-18(11-17(19)5)27-13-21(26)23-12-20(25)24-22-15(3)7-6-8-16(22)4/h6-11,14H,12-13H2,1-5H3,(H,23,26)(H,24,25). The van der Waals surface area contributed by atoms with E-state index in [2.05, 4.69) is 24.5 Å². The maximum absolute atomic E-state index is 12.1. The molecular weight excluding hydrogens is 340 g/mol. The second kappa shape index (κ2) is 9.21. The third kappa shape index (κ3) is 5.84. The van der Waals surface area contributed by atoms with Gasteiger partial charge in [0.1, 0.15) is 5.75 Å². The lowest BCUT2D eigenvalue weighted by Gasteiger charge is -2.13. The number of aryl methyl sites for hydroxylation is 3. The highest BCUT2D eigenvalue weighted by molar-refractivity contribution is 5.95. The zero-order valence-electron chi connectivity index (χ0n) is 16.7. The first-order chi connectivity index (χ1) is 12.8. The number of amides is 2. The molecular formula is C22H28N2O3. The van der Waals surface area contributed by atoms with Crippen molar-refractivity contribution >= 4 is 17.5 Å². The fourth-order valence-corrected chi connectivity index (χ4v) is 2.96. The lowest BCUT2D eigenvalue weighted by Crippen LogP contribution is -2.36. The molecule has 5 nitrogen and oxygen atoms in total. The Hall–Kier alpha value is -2.82. The summed E-state index contributed by atoms with van der Waals surface area (Å²) >= 11 is 0. The van der Waals surface area contributed by atoms with E-state index in [1.807, 2.05) is 57.2 Å². The van der Waals surface area contributed by atoms with Crippen LogP contribution in [-0.2, 0) is 9.59 Å². The van der Waals surface area contributed by atoms with Crippen LogP contribution in [0.25, 0.3) is 0 Å². The topological polar surface area (TPSA) is 67.4 Å². The summed E-state index contributed by atoms with van der Waals surface area (Å²) in [6.45, 7) is 9.95. The van der Waals surface area contributed by atoms with Gasteiger partial charge in [-0.3, -0.25) is 9.59 Å². The summed E-state index contributed by atoms with van der Waals surface area (Å²) in [5.74, 6) is 0.486. The van der Waals surface area contributed by atoms with Gasteiger partial charge in [-0.05, 0) is 61.1 Å². The van der Waals surface area contributed by atoms with E-state index in [-0.39, 0.29) is 25.0 Å².